The van der Waals surface area contributed by atoms with Crippen LogP contribution >= 0.6 is 11.6 Å². The largest absolute Gasteiger partial charge is 0.393 e. The number of anilines is 1. The molecule has 0 bridgehead atoms. The van der Waals surface area contributed by atoms with Crippen molar-refractivity contribution in [2.75, 3.05) is 18.0 Å². The highest BCUT2D eigenvalue weighted by molar-refractivity contribution is 6.30. The first-order chi connectivity index (χ1) is 14.9. The van der Waals surface area contributed by atoms with Crippen molar-refractivity contribution in [3.8, 4) is 0 Å². The van der Waals surface area contributed by atoms with Crippen LogP contribution in [0.3, 0.4) is 0 Å². The van der Waals surface area contributed by atoms with Crippen molar-refractivity contribution in [2.24, 2.45) is 0 Å². The molecule has 5 nitrogen and oxygen atoms in total. The maximum atomic E-state index is 14.1. The highest BCUT2D eigenvalue weighted by Gasteiger charge is 2.40. The molecule has 3 N–H and O–H groups in total. The SMILES string of the molecule is CC(NC(=O)NC1(c2ccc(Cl)cc2)CCC1)c1cc(F)ccc1N1CCC(O)CC1. The Bertz CT molecular complexity index is 925. The van der Waals surface area contributed by atoms with Crippen molar-refractivity contribution in [2.45, 2.75) is 56.7 Å². The molecular weight excluding hydrogens is 417 g/mol. The fraction of sp³-hybridized carbons (Fsp3) is 0.458. The summed E-state index contributed by atoms with van der Waals surface area (Å²) in [7, 11) is 0. The summed E-state index contributed by atoms with van der Waals surface area (Å²) in [5.74, 6) is -0.332. The molecule has 2 aromatic rings. The fourth-order valence-corrected chi connectivity index (χ4v) is 4.71. The number of amides is 2. The van der Waals surface area contributed by atoms with E-state index in [0.717, 1.165) is 36.1 Å². The lowest BCUT2D eigenvalue weighted by atomic mass is 9.72. The van der Waals surface area contributed by atoms with Gasteiger partial charge in [-0.2, -0.15) is 0 Å². The van der Waals surface area contributed by atoms with Crippen molar-refractivity contribution in [1.29, 1.82) is 0 Å². The normalized spacial score (nSPS) is 19.4. The lowest BCUT2D eigenvalue weighted by Gasteiger charge is -2.43. The third-order valence-electron chi connectivity index (χ3n) is 6.57. The van der Waals surface area contributed by atoms with Gasteiger partial charge in [0.15, 0.2) is 0 Å². The van der Waals surface area contributed by atoms with Gasteiger partial charge in [-0.1, -0.05) is 23.7 Å². The average Bonchev–Trinajstić information content (AvgIpc) is 2.72. The Kier molecular flexibility index (Phi) is 6.39. The molecule has 0 spiro atoms. The number of hydrogen-bond donors (Lipinski definition) is 3. The van der Waals surface area contributed by atoms with E-state index in [-0.39, 0.29) is 29.5 Å². The summed E-state index contributed by atoms with van der Waals surface area (Å²) in [6, 6.07) is 11.7. The molecule has 2 amide bonds. The van der Waals surface area contributed by atoms with Crippen molar-refractivity contribution >= 4 is 23.3 Å². The smallest absolute Gasteiger partial charge is 0.315 e. The van der Waals surface area contributed by atoms with Crippen LogP contribution in [0.2, 0.25) is 5.02 Å². The van der Waals surface area contributed by atoms with Gasteiger partial charge in [-0.25, -0.2) is 9.18 Å². The number of halogens is 2. The van der Waals surface area contributed by atoms with Crippen LogP contribution in [0.5, 0.6) is 0 Å². The zero-order valence-corrected chi connectivity index (χ0v) is 18.5. The van der Waals surface area contributed by atoms with Crippen molar-refractivity contribution in [3.63, 3.8) is 0 Å². The Morgan fingerprint density at radius 2 is 1.87 bits per heavy atom. The van der Waals surface area contributed by atoms with E-state index in [9.17, 15) is 14.3 Å². The molecule has 1 unspecified atom stereocenters. The number of rotatable bonds is 5. The number of piperidine rings is 1. The Balaban J connectivity index is 1.47. The highest BCUT2D eigenvalue weighted by atomic mass is 35.5. The summed E-state index contributed by atoms with van der Waals surface area (Å²) in [5, 5.41) is 16.6. The number of aliphatic hydroxyl groups excluding tert-OH is 1. The van der Waals surface area contributed by atoms with Gasteiger partial charge in [0.05, 0.1) is 17.7 Å². The summed E-state index contributed by atoms with van der Waals surface area (Å²) in [6.45, 7) is 3.28. The van der Waals surface area contributed by atoms with Gasteiger partial charge < -0.3 is 20.6 Å². The number of benzene rings is 2. The monoisotopic (exact) mass is 445 g/mol. The van der Waals surface area contributed by atoms with Gasteiger partial charge >= 0.3 is 6.03 Å². The van der Waals surface area contributed by atoms with Gasteiger partial charge in [0.2, 0.25) is 0 Å². The number of nitrogens with one attached hydrogen (secondary N) is 2. The summed E-state index contributed by atoms with van der Waals surface area (Å²) >= 11 is 6.02. The van der Waals surface area contributed by atoms with Gasteiger partial charge in [-0.15, -0.1) is 0 Å². The molecule has 166 valence electrons. The molecule has 7 heteroatoms. The molecule has 31 heavy (non-hydrogen) atoms. The molecule has 2 aromatic carbocycles. The summed E-state index contributed by atoms with van der Waals surface area (Å²) in [5.41, 5.74) is 2.30. The lowest BCUT2D eigenvalue weighted by Crippen LogP contribution is -2.54. The second-order valence-corrected chi connectivity index (χ2v) is 9.12. The maximum absolute atomic E-state index is 14.1. The molecule has 1 heterocycles. The molecule has 0 aromatic heterocycles. The Labute approximate surface area is 187 Å². The molecular formula is C24H29ClFN3O2. The second-order valence-electron chi connectivity index (χ2n) is 8.68. The highest BCUT2D eigenvalue weighted by Crippen LogP contribution is 2.41. The van der Waals surface area contributed by atoms with E-state index in [2.05, 4.69) is 15.5 Å². The maximum Gasteiger partial charge on any atom is 0.315 e. The quantitative estimate of drug-likeness (QED) is 0.614. The van der Waals surface area contributed by atoms with Crippen LogP contribution in [0.1, 0.15) is 56.2 Å². The number of nitrogens with zero attached hydrogens (tertiary/aromatic N) is 1. The first kappa shape index (κ1) is 21.9. The van der Waals surface area contributed by atoms with E-state index < -0.39 is 0 Å². The minimum atomic E-state index is -0.387. The standard InChI is InChI=1S/C24H29ClFN3O2/c1-16(21-15-19(26)7-8-22(21)29-13-9-20(30)10-14-29)27-23(31)28-24(11-2-12-24)17-3-5-18(25)6-4-17/h3-8,15-16,20,30H,2,9-14H2,1H3,(H2,27,28,31). The first-order valence-electron chi connectivity index (χ1n) is 10.9. The molecule has 1 saturated carbocycles. The average molecular weight is 446 g/mol. The van der Waals surface area contributed by atoms with Crippen LogP contribution < -0.4 is 15.5 Å². The van der Waals surface area contributed by atoms with Crippen LogP contribution in [0.25, 0.3) is 0 Å². The predicted octanol–water partition coefficient (Wildman–Crippen LogP) is 4.88. The second kappa shape index (κ2) is 9.05. The topological polar surface area (TPSA) is 64.6 Å². The summed E-state index contributed by atoms with van der Waals surface area (Å²) in [4.78, 5) is 15.1. The Morgan fingerprint density at radius 1 is 1.19 bits per heavy atom. The van der Waals surface area contributed by atoms with Crippen LogP contribution in [-0.4, -0.2) is 30.3 Å². The minimum Gasteiger partial charge on any atom is -0.393 e. The van der Waals surface area contributed by atoms with E-state index in [1.165, 1.54) is 12.1 Å². The predicted molar refractivity (Wildman–Crippen MR) is 121 cm³/mol. The van der Waals surface area contributed by atoms with Crippen LogP contribution in [0.4, 0.5) is 14.9 Å². The van der Waals surface area contributed by atoms with Gasteiger partial charge in [0.25, 0.3) is 0 Å². The zero-order valence-electron chi connectivity index (χ0n) is 17.7. The minimum absolute atomic E-state index is 0.272. The fourth-order valence-electron chi connectivity index (χ4n) is 4.58. The number of urea groups is 1. The third-order valence-corrected chi connectivity index (χ3v) is 6.82. The van der Waals surface area contributed by atoms with E-state index in [1.54, 1.807) is 6.07 Å². The molecule has 4 rings (SSSR count). The Hall–Kier alpha value is -2.31. The molecule has 1 atom stereocenters. The molecule has 1 aliphatic carbocycles. The molecule has 0 radical (unpaired) electrons. The van der Waals surface area contributed by atoms with Crippen molar-refractivity contribution < 1.29 is 14.3 Å². The van der Waals surface area contributed by atoms with Gasteiger partial charge in [0, 0.05) is 29.4 Å². The number of aliphatic hydroxyl groups is 1. The van der Waals surface area contributed by atoms with Gasteiger partial charge in [-0.05, 0) is 74.9 Å². The molecule has 2 fully saturated rings. The van der Waals surface area contributed by atoms with Gasteiger partial charge in [0.1, 0.15) is 5.82 Å². The van der Waals surface area contributed by atoms with Gasteiger partial charge in [-0.3, -0.25) is 0 Å². The molecule has 2 aliphatic rings. The van der Waals surface area contributed by atoms with E-state index in [0.29, 0.717) is 31.0 Å². The number of carbonyl (C=O) groups is 1. The molecule has 1 aliphatic heterocycles. The lowest BCUT2D eigenvalue weighted by molar-refractivity contribution is 0.145. The van der Waals surface area contributed by atoms with Crippen molar-refractivity contribution in [1.82, 2.24) is 10.6 Å². The van der Waals surface area contributed by atoms with Crippen LogP contribution in [-0.2, 0) is 5.54 Å². The van der Waals surface area contributed by atoms with Crippen LogP contribution in [0, 0.1) is 5.82 Å². The van der Waals surface area contributed by atoms with Crippen LogP contribution in [0.15, 0.2) is 42.5 Å². The van der Waals surface area contributed by atoms with E-state index >= 15 is 0 Å². The third kappa shape index (κ3) is 4.80. The van der Waals surface area contributed by atoms with E-state index in [1.807, 2.05) is 31.2 Å². The van der Waals surface area contributed by atoms with Crippen molar-refractivity contribution in [3.05, 3.63) is 64.4 Å². The molecule has 1 saturated heterocycles. The number of carbonyl (C=O) groups excluding carboxylic acids is 1. The first-order valence-corrected chi connectivity index (χ1v) is 11.3. The zero-order chi connectivity index (χ0) is 22.0. The summed E-state index contributed by atoms with van der Waals surface area (Å²) in [6.07, 6.45) is 3.88. The Morgan fingerprint density at radius 3 is 2.48 bits per heavy atom. The van der Waals surface area contributed by atoms with E-state index in [4.69, 9.17) is 11.6 Å². The number of hydrogen-bond acceptors (Lipinski definition) is 3. The summed E-state index contributed by atoms with van der Waals surface area (Å²) < 4.78 is 14.1.